The predicted octanol–water partition coefficient (Wildman–Crippen LogP) is 9.66. The van der Waals surface area contributed by atoms with E-state index in [0.717, 1.165) is 6.54 Å². The van der Waals surface area contributed by atoms with Gasteiger partial charge in [-0.05, 0) is 24.8 Å². The Labute approximate surface area is 206 Å². The molecule has 1 aliphatic heterocycles. The summed E-state index contributed by atoms with van der Waals surface area (Å²) in [5.41, 5.74) is 1.42. The van der Waals surface area contributed by atoms with E-state index in [-0.39, 0.29) is 0 Å². The number of nitrogens with zero attached hydrogens (tertiary/aromatic N) is 2. The van der Waals surface area contributed by atoms with Crippen molar-refractivity contribution in [2.75, 3.05) is 6.54 Å². The van der Waals surface area contributed by atoms with E-state index in [1.807, 2.05) is 0 Å². The number of unbranched alkanes of at least 4 members (excludes halogenated alkanes) is 15. The van der Waals surface area contributed by atoms with E-state index in [0.29, 0.717) is 6.17 Å². The first-order valence-corrected chi connectivity index (χ1v) is 14.6. The topological polar surface area (TPSA) is 6.48 Å². The minimum Gasteiger partial charge on any atom is -0.356 e. The summed E-state index contributed by atoms with van der Waals surface area (Å²) in [4.78, 5) is 5.23. The summed E-state index contributed by atoms with van der Waals surface area (Å²) < 4.78 is 0. The molecule has 2 heteroatoms. The zero-order valence-corrected chi connectivity index (χ0v) is 22.2. The minimum absolute atomic E-state index is 0.555. The molecular formula is C31H54N2. The molecule has 2 rings (SSSR count). The molecule has 0 spiro atoms. The van der Waals surface area contributed by atoms with Gasteiger partial charge in [0.25, 0.3) is 0 Å². The molecule has 0 fully saturated rings. The highest BCUT2D eigenvalue weighted by molar-refractivity contribution is 5.15. The molecule has 1 heterocycles. The first kappa shape index (κ1) is 27.8. The van der Waals surface area contributed by atoms with E-state index in [4.69, 9.17) is 0 Å². The zero-order chi connectivity index (χ0) is 23.4. The van der Waals surface area contributed by atoms with Crippen LogP contribution in [-0.2, 0) is 6.54 Å². The number of benzene rings is 1. The minimum atomic E-state index is 0.555. The molecule has 188 valence electrons. The standard InChI is InChI=1S/C31H54N2/c1-3-5-7-9-11-13-14-16-21-25-31-32(26-22-17-15-12-10-8-6-4-2)27-28-33(31)29-30-23-19-18-20-24-30/h18-20,23-24,27-28,31H,3-17,21-22,25-26,29H2,1-2H3. The van der Waals surface area contributed by atoms with Crippen LogP contribution < -0.4 is 0 Å². The summed E-state index contributed by atoms with van der Waals surface area (Å²) in [5.74, 6) is 0. The van der Waals surface area contributed by atoms with Crippen LogP contribution >= 0.6 is 0 Å². The Balaban J connectivity index is 1.69. The van der Waals surface area contributed by atoms with Crippen LogP contribution in [0.15, 0.2) is 42.7 Å². The molecule has 0 aliphatic carbocycles. The van der Waals surface area contributed by atoms with Crippen molar-refractivity contribution in [3.63, 3.8) is 0 Å². The molecule has 33 heavy (non-hydrogen) atoms. The van der Waals surface area contributed by atoms with Crippen molar-refractivity contribution < 1.29 is 0 Å². The van der Waals surface area contributed by atoms with Gasteiger partial charge in [0.05, 0.1) is 0 Å². The van der Waals surface area contributed by atoms with Crippen LogP contribution in [0.3, 0.4) is 0 Å². The van der Waals surface area contributed by atoms with Crippen LogP contribution in [0, 0.1) is 0 Å². The maximum Gasteiger partial charge on any atom is 0.101 e. The van der Waals surface area contributed by atoms with Crippen molar-refractivity contribution in [1.29, 1.82) is 0 Å². The molecule has 2 nitrogen and oxygen atoms in total. The maximum atomic E-state index is 2.64. The fraction of sp³-hybridized carbons (Fsp3) is 0.742. The Morgan fingerprint density at radius 3 is 1.61 bits per heavy atom. The van der Waals surface area contributed by atoms with Gasteiger partial charge < -0.3 is 9.80 Å². The van der Waals surface area contributed by atoms with E-state index in [1.54, 1.807) is 0 Å². The van der Waals surface area contributed by atoms with Crippen LogP contribution in [0.2, 0.25) is 0 Å². The molecule has 0 saturated carbocycles. The molecule has 0 aromatic heterocycles. The Kier molecular flexibility index (Phi) is 15.9. The first-order chi connectivity index (χ1) is 16.3. The van der Waals surface area contributed by atoms with E-state index < -0.39 is 0 Å². The number of rotatable bonds is 21. The zero-order valence-electron chi connectivity index (χ0n) is 22.2. The van der Waals surface area contributed by atoms with Crippen LogP contribution in [-0.4, -0.2) is 22.5 Å². The first-order valence-electron chi connectivity index (χ1n) is 14.6. The Bertz CT molecular complexity index is 582. The van der Waals surface area contributed by atoms with Gasteiger partial charge in [-0.3, -0.25) is 0 Å². The molecule has 1 atom stereocenters. The van der Waals surface area contributed by atoms with Gasteiger partial charge >= 0.3 is 0 Å². The van der Waals surface area contributed by atoms with Gasteiger partial charge in [0.15, 0.2) is 0 Å². The Morgan fingerprint density at radius 1 is 0.545 bits per heavy atom. The normalized spacial score (nSPS) is 15.6. The van der Waals surface area contributed by atoms with E-state index >= 15 is 0 Å². The van der Waals surface area contributed by atoms with Gasteiger partial charge in [0.1, 0.15) is 6.17 Å². The second-order valence-electron chi connectivity index (χ2n) is 10.3. The van der Waals surface area contributed by atoms with Crippen molar-refractivity contribution in [3.8, 4) is 0 Å². The lowest BCUT2D eigenvalue weighted by molar-refractivity contribution is 0.132. The summed E-state index contributed by atoms with van der Waals surface area (Å²) in [7, 11) is 0. The van der Waals surface area contributed by atoms with Crippen molar-refractivity contribution in [2.45, 2.75) is 142 Å². The van der Waals surface area contributed by atoms with Crippen molar-refractivity contribution in [1.82, 2.24) is 9.80 Å². The fourth-order valence-corrected chi connectivity index (χ4v) is 5.13. The second-order valence-corrected chi connectivity index (χ2v) is 10.3. The molecule has 1 aromatic rings. The molecule has 0 bridgehead atoms. The smallest absolute Gasteiger partial charge is 0.101 e. The Hall–Kier alpha value is -1.44. The van der Waals surface area contributed by atoms with Gasteiger partial charge in [-0.2, -0.15) is 0 Å². The average molecular weight is 455 g/mol. The fourth-order valence-electron chi connectivity index (χ4n) is 5.13. The van der Waals surface area contributed by atoms with Gasteiger partial charge in [0, 0.05) is 25.5 Å². The molecule has 1 unspecified atom stereocenters. The van der Waals surface area contributed by atoms with Gasteiger partial charge in [0.2, 0.25) is 0 Å². The summed E-state index contributed by atoms with van der Waals surface area (Å²) in [6, 6.07) is 11.0. The average Bonchev–Trinajstić information content (AvgIpc) is 3.21. The molecule has 1 aliphatic rings. The van der Waals surface area contributed by atoms with Gasteiger partial charge in [-0.1, -0.05) is 140 Å². The lowest BCUT2D eigenvalue weighted by atomic mass is 10.1. The van der Waals surface area contributed by atoms with Gasteiger partial charge in [-0.25, -0.2) is 0 Å². The lowest BCUT2D eigenvalue weighted by Gasteiger charge is -2.33. The molecule has 0 radical (unpaired) electrons. The molecular weight excluding hydrogens is 400 g/mol. The monoisotopic (exact) mass is 454 g/mol. The SMILES string of the molecule is CCCCCCCCCCCC1N(CCCCCCCCCC)C=CN1Cc1ccccc1. The van der Waals surface area contributed by atoms with Crippen LogP contribution in [0.1, 0.15) is 135 Å². The number of hydrogen-bond acceptors (Lipinski definition) is 2. The third kappa shape index (κ3) is 12.6. The highest BCUT2D eigenvalue weighted by Crippen LogP contribution is 2.25. The highest BCUT2D eigenvalue weighted by atomic mass is 15.4. The second kappa shape index (κ2) is 18.9. The third-order valence-corrected chi connectivity index (χ3v) is 7.26. The van der Waals surface area contributed by atoms with E-state index in [9.17, 15) is 0 Å². The number of hydrogen-bond donors (Lipinski definition) is 0. The molecule has 0 amide bonds. The van der Waals surface area contributed by atoms with Crippen molar-refractivity contribution >= 4 is 0 Å². The van der Waals surface area contributed by atoms with Crippen molar-refractivity contribution in [3.05, 3.63) is 48.3 Å². The summed E-state index contributed by atoms with van der Waals surface area (Å²) in [5, 5.41) is 0. The third-order valence-electron chi connectivity index (χ3n) is 7.26. The molecule has 0 N–H and O–H groups in total. The summed E-state index contributed by atoms with van der Waals surface area (Å²) in [6.45, 7) is 6.86. The quantitative estimate of drug-likeness (QED) is 0.171. The van der Waals surface area contributed by atoms with Crippen LogP contribution in [0.4, 0.5) is 0 Å². The van der Waals surface area contributed by atoms with Crippen LogP contribution in [0.5, 0.6) is 0 Å². The summed E-state index contributed by atoms with van der Waals surface area (Å²) in [6.07, 6.45) is 30.5. The highest BCUT2D eigenvalue weighted by Gasteiger charge is 2.25. The lowest BCUT2D eigenvalue weighted by Crippen LogP contribution is -2.38. The van der Waals surface area contributed by atoms with E-state index in [2.05, 4.69) is 66.4 Å². The molecule has 1 aromatic carbocycles. The van der Waals surface area contributed by atoms with Gasteiger partial charge in [-0.15, -0.1) is 0 Å². The van der Waals surface area contributed by atoms with Crippen LogP contribution in [0.25, 0.3) is 0 Å². The molecule has 0 saturated heterocycles. The largest absolute Gasteiger partial charge is 0.356 e. The van der Waals surface area contributed by atoms with Crippen molar-refractivity contribution in [2.24, 2.45) is 0 Å². The summed E-state index contributed by atoms with van der Waals surface area (Å²) >= 11 is 0. The Morgan fingerprint density at radius 2 is 1.03 bits per heavy atom. The predicted molar refractivity (Wildman–Crippen MR) is 146 cm³/mol. The van der Waals surface area contributed by atoms with E-state index in [1.165, 1.54) is 128 Å². The maximum absolute atomic E-state index is 2.64.